The topological polar surface area (TPSA) is 117 Å². The maximum Gasteiger partial charge on any atom is 0.326 e. The van der Waals surface area contributed by atoms with Crippen LogP contribution in [0.25, 0.3) is 0 Å². The van der Waals surface area contributed by atoms with Gasteiger partial charge in [0.15, 0.2) is 0 Å². The Kier molecular flexibility index (Phi) is 14.8. The largest absolute Gasteiger partial charge is 0.480 e. The predicted octanol–water partition coefficient (Wildman–Crippen LogP) is 4.62. The number of carbonyl (C=O) groups excluding carboxylic acids is 1. The second kappa shape index (κ2) is 17.8. The number of pyridine rings is 2. The summed E-state index contributed by atoms with van der Waals surface area (Å²) in [4.78, 5) is 36.1. The van der Waals surface area contributed by atoms with E-state index in [1.54, 1.807) is 6.20 Å². The van der Waals surface area contributed by atoms with Crippen molar-refractivity contribution in [1.29, 1.82) is 0 Å². The third kappa shape index (κ3) is 10.7. The highest BCUT2D eigenvalue weighted by Gasteiger charge is 2.24. The molecule has 0 aliphatic heterocycles. The molecule has 0 aromatic carbocycles. The van der Waals surface area contributed by atoms with Crippen molar-refractivity contribution >= 4 is 29.3 Å². The number of aryl methyl sites for hydroxylation is 3. The molecular formula is C29H44ClN5O4. The highest BCUT2D eigenvalue weighted by molar-refractivity contribution is 6.34. The van der Waals surface area contributed by atoms with Gasteiger partial charge in [-0.25, -0.2) is 9.78 Å². The Bertz CT molecular complexity index is 1050. The maximum atomic E-state index is 13.0. The van der Waals surface area contributed by atoms with Crippen molar-refractivity contribution in [2.75, 3.05) is 45.2 Å². The Morgan fingerprint density at radius 3 is 2.54 bits per heavy atom. The van der Waals surface area contributed by atoms with Gasteiger partial charge >= 0.3 is 5.97 Å². The fourth-order valence-corrected chi connectivity index (χ4v) is 4.74. The van der Waals surface area contributed by atoms with Crippen molar-refractivity contribution in [3.8, 4) is 0 Å². The van der Waals surface area contributed by atoms with E-state index in [0.29, 0.717) is 43.9 Å². The molecule has 0 aliphatic rings. The number of amides is 1. The van der Waals surface area contributed by atoms with E-state index in [1.807, 2.05) is 20.9 Å². The molecule has 0 aliphatic carbocycles. The number of carbonyl (C=O) groups is 2. The first kappa shape index (κ1) is 32.5. The van der Waals surface area contributed by atoms with Gasteiger partial charge in [0.25, 0.3) is 5.91 Å². The van der Waals surface area contributed by atoms with E-state index in [0.717, 1.165) is 50.2 Å². The molecule has 2 aromatic rings. The summed E-state index contributed by atoms with van der Waals surface area (Å²) in [6, 6.07) is 3.19. The van der Waals surface area contributed by atoms with Crippen LogP contribution in [0.15, 0.2) is 24.5 Å². The first-order chi connectivity index (χ1) is 18.8. The van der Waals surface area contributed by atoms with E-state index < -0.39 is 17.9 Å². The van der Waals surface area contributed by atoms with Gasteiger partial charge in [-0.15, -0.1) is 0 Å². The van der Waals surface area contributed by atoms with Gasteiger partial charge in [-0.3, -0.25) is 9.78 Å². The van der Waals surface area contributed by atoms with Gasteiger partial charge in [-0.05, 0) is 69.2 Å². The summed E-state index contributed by atoms with van der Waals surface area (Å²) < 4.78 is 5.55. The number of aromatic nitrogens is 2. The van der Waals surface area contributed by atoms with Crippen LogP contribution in [0.4, 0.5) is 5.82 Å². The van der Waals surface area contributed by atoms with Crippen molar-refractivity contribution in [3.63, 3.8) is 0 Å². The Balaban J connectivity index is 1.97. The molecule has 2 heterocycles. The number of nitrogens with zero attached hydrogens (tertiary/aromatic N) is 3. The summed E-state index contributed by atoms with van der Waals surface area (Å²) in [6.45, 7) is 9.27. The average Bonchev–Trinajstić information content (AvgIpc) is 2.92. The van der Waals surface area contributed by atoms with Gasteiger partial charge in [0.2, 0.25) is 0 Å². The van der Waals surface area contributed by atoms with E-state index in [4.69, 9.17) is 21.3 Å². The van der Waals surface area contributed by atoms with Gasteiger partial charge in [0, 0.05) is 44.8 Å². The number of hydrogen-bond donors (Lipinski definition) is 3. The number of halogens is 1. The van der Waals surface area contributed by atoms with Crippen molar-refractivity contribution in [2.24, 2.45) is 0 Å². The monoisotopic (exact) mass is 561 g/mol. The number of anilines is 1. The molecule has 1 unspecified atom stereocenters. The lowest BCUT2D eigenvalue weighted by atomic mass is 10.0. The van der Waals surface area contributed by atoms with E-state index in [9.17, 15) is 14.7 Å². The summed E-state index contributed by atoms with van der Waals surface area (Å²) in [7, 11) is 1.89. The van der Waals surface area contributed by atoms with Crippen LogP contribution in [0, 0.1) is 0 Å². The fraction of sp³-hybridized carbons (Fsp3) is 0.586. The number of hydrogen-bond acceptors (Lipinski definition) is 7. The summed E-state index contributed by atoms with van der Waals surface area (Å²) >= 11 is 6.27. The second-order valence-electron chi connectivity index (χ2n) is 9.47. The third-order valence-corrected chi connectivity index (χ3v) is 6.92. The number of nitrogens with one attached hydrogen (secondary N) is 2. The Morgan fingerprint density at radius 2 is 1.87 bits per heavy atom. The SMILES string of the molecule is CCCc1cncc(Cl)c1C(=O)NC(CCN(CCCCc1ccc(CC)c(NC)n1)CCOCC)C(=O)O. The normalized spacial score (nSPS) is 11.9. The van der Waals surface area contributed by atoms with Crippen molar-refractivity contribution in [1.82, 2.24) is 20.2 Å². The van der Waals surface area contributed by atoms with Crippen LogP contribution in [0.2, 0.25) is 5.02 Å². The standard InChI is InChI=1S/C29H44ClN5O4/c1-5-10-22-19-32-20-24(30)26(22)28(36)34-25(29(37)38)14-16-35(17-18-39-7-3)15-9-8-11-23-13-12-21(6-2)27(31-4)33-23/h12-13,19-20,25H,5-11,14-18H2,1-4H3,(H,31,33)(H,34,36)(H,37,38). The lowest BCUT2D eigenvalue weighted by molar-refractivity contribution is -0.139. The minimum Gasteiger partial charge on any atom is -0.480 e. The summed E-state index contributed by atoms with van der Waals surface area (Å²) in [5.74, 6) is -0.621. The molecule has 0 bridgehead atoms. The first-order valence-electron chi connectivity index (χ1n) is 14.0. The molecule has 2 rings (SSSR count). The summed E-state index contributed by atoms with van der Waals surface area (Å²) in [6.07, 6.45) is 8.46. The van der Waals surface area contributed by atoms with E-state index in [-0.39, 0.29) is 11.4 Å². The first-order valence-corrected chi connectivity index (χ1v) is 14.3. The van der Waals surface area contributed by atoms with Crippen LogP contribution >= 0.6 is 11.6 Å². The Hall–Kier alpha value is -2.75. The van der Waals surface area contributed by atoms with Gasteiger partial charge in [0.05, 0.1) is 17.2 Å². The molecule has 2 aromatic heterocycles. The van der Waals surface area contributed by atoms with Crippen LogP contribution in [0.5, 0.6) is 0 Å². The van der Waals surface area contributed by atoms with Gasteiger partial charge < -0.3 is 25.4 Å². The van der Waals surface area contributed by atoms with Crippen molar-refractivity contribution in [3.05, 3.63) is 51.9 Å². The molecule has 10 heteroatoms. The van der Waals surface area contributed by atoms with Gasteiger partial charge in [-0.2, -0.15) is 0 Å². The Labute approximate surface area is 237 Å². The van der Waals surface area contributed by atoms with Crippen LogP contribution in [0.3, 0.4) is 0 Å². The zero-order valence-electron chi connectivity index (χ0n) is 23.8. The lowest BCUT2D eigenvalue weighted by Gasteiger charge is -2.24. The average molecular weight is 562 g/mol. The van der Waals surface area contributed by atoms with E-state index >= 15 is 0 Å². The number of rotatable bonds is 19. The smallest absolute Gasteiger partial charge is 0.326 e. The van der Waals surface area contributed by atoms with Crippen LogP contribution in [0.1, 0.15) is 73.6 Å². The fourth-order valence-electron chi connectivity index (χ4n) is 4.47. The zero-order valence-corrected chi connectivity index (χ0v) is 24.5. The molecule has 3 N–H and O–H groups in total. The highest BCUT2D eigenvalue weighted by Crippen LogP contribution is 2.20. The van der Waals surface area contributed by atoms with Crippen molar-refractivity contribution in [2.45, 2.75) is 71.8 Å². The van der Waals surface area contributed by atoms with Crippen LogP contribution < -0.4 is 10.6 Å². The number of ether oxygens (including phenoxy) is 1. The molecule has 0 fully saturated rings. The number of unbranched alkanes of at least 4 members (excludes halogenated alkanes) is 1. The molecule has 9 nitrogen and oxygen atoms in total. The van der Waals surface area contributed by atoms with Gasteiger partial charge in [-0.1, -0.05) is 37.9 Å². The quantitative estimate of drug-likeness (QED) is 0.213. The lowest BCUT2D eigenvalue weighted by Crippen LogP contribution is -2.44. The van der Waals surface area contributed by atoms with Crippen LogP contribution in [-0.4, -0.2) is 77.8 Å². The molecule has 216 valence electrons. The van der Waals surface area contributed by atoms with E-state index in [1.165, 1.54) is 11.8 Å². The van der Waals surface area contributed by atoms with E-state index in [2.05, 4.69) is 39.6 Å². The summed E-state index contributed by atoms with van der Waals surface area (Å²) in [5.41, 5.74) is 3.28. The zero-order chi connectivity index (χ0) is 28.6. The molecule has 0 spiro atoms. The highest BCUT2D eigenvalue weighted by atomic mass is 35.5. The molecule has 1 amide bonds. The molecule has 0 saturated heterocycles. The third-order valence-electron chi connectivity index (χ3n) is 6.63. The maximum absolute atomic E-state index is 13.0. The minimum absolute atomic E-state index is 0.224. The molecule has 39 heavy (non-hydrogen) atoms. The van der Waals surface area contributed by atoms with Crippen molar-refractivity contribution < 1.29 is 19.4 Å². The molecule has 0 saturated carbocycles. The molecule has 0 radical (unpaired) electrons. The van der Waals surface area contributed by atoms with Gasteiger partial charge in [0.1, 0.15) is 11.9 Å². The minimum atomic E-state index is -1.07. The molecular weight excluding hydrogens is 518 g/mol. The number of carboxylic acid groups (broad SMARTS) is 1. The predicted molar refractivity (Wildman–Crippen MR) is 156 cm³/mol. The Morgan fingerprint density at radius 1 is 1.08 bits per heavy atom. The summed E-state index contributed by atoms with van der Waals surface area (Å²) in [5, 5.41) is 15.9. The number of aliphatic carboxylic acids is 1. The second-order valence-corrected chi connectivity index (χ2v) is 9.88. The number of carboxylic acids is 1. The van der Waals surface area contributed by atoms with Crippen LogP contribution in [-0.2, 0) is 28.8 Å². The molecule has 1 atom stereocenters.